The van der Waals surface area contributed by atoms with Gasteiger partial charge in [0.05, 0.1) is 5.69 Å². The quantitative estimate of drug-likeness (QED) is 0.760. The van der Waals surface area contributed by atoms with Gasteiger partial charge in [0.2, 0.25) is 0 Å². The zero-order chi connectivity index (χ0) is 12.4. The molecule has 0 bridgehead atoms. The lowest BCUT2D eigenvalue weighted by atomic mass is 10.1. The minimum absolute atomic E-state index is 0.0589. The van der Waals surface area contributed by atoms with Gasteiger partial charge >= 0.3 is 0 Å². The molecule has 2 rings (SSSR count). The third-order valence-corrected chi connectivity index (χ3v) is 2.73. The number of fused-ring (bicyclic) bond motifs is 1. The summed E-state index contributed by atoms with van der Waals surface area (Å²) in [7, 11) is 0. The first-order valence-electron chi connectivity index (χ1n) is 5.62. The number of nitrogen functional groups attached to an aromatic ring is 1. The predicted octanol–water partition coefficient (Wildman–Crippen LogP) is 0.765. The number of carbonyl (C=O) groups excluding carboxylic acids is 1. The van der Waals surface area contributed by atoms with Gasteiger partial charge in [0.25, 0.3) is 5.91 Å². The number of carbonyl (C=O) groups is 1. The number of aliphatic hydroxyl groups excluding tert-OH is 1. The molecule has 5 heteroatoms. The summed E-state index contributed by atoms with van der Waals surface area (Å²) in [5.74, 6) is 0.533. The van der Waals surface area contributed by atoms with E-state index < -0.39 is 6.10 Å². The second-order valence-corrected chi connectivity index (χ2v) is 4.05. The van der Waals surface area contributed by atoms with Crippen LogP contribution in [0.25, 0.3) is 0 Å². The normalized spacial score (nSPS) is 18.8. The van der Waals surface area contributed by atoms with E-state index in [1.807, 2.05) is 0 Å². The minimum Gasteiger partial charge on any atom is -0.479 e. The van der Waals surface area contributed by atoms with E-state index in [4.69, 9.17) is 15.6 Å². The Labute approximate surface area is 99.8 Å². The van der Waals surface area contributed by atoms with Crippen molar-refractivity contribution >= 4 is 17.3 Å². The summed E-state index contributed by atoms with van der Waals surface area (Å²) in [6.45, 7) is 2.25. The molecule has 0 spiro atoms. The highest BCUT2D eigenvalue weighted by atomic mass is 16.5. The number of hydrogen-bond acceptors (Lipinski definition) is 4. The highest BCUT2D eigenvalue weighted by Crippen LogP contribution is 2.35. The molecule has 1 aliphatic heterocycles. The van der Waals surface area contributed by atoms with Crippen LogP contribution >= 0.6 is 0 Å². The first kappa shape index (κ1) is 11.7. The predicted molar refractivity (Wildman–Crippen MR) is 65.0 cm³/mol. The Morgan fingerprint density at radius 3 is 3.00 bits per heavy atom. The molecule has 1 amide bonds. The summed E-state index contributed by atoms with van der Waals surface area (Å²) in [6, 6.07) is 5.22. The molecule has 1 aliphatic rings. The average Bonchev–Trinajstić information content (AvgIpc) is 2.30. The zero-order valence-electron chi connectivity index (χ0n) is 9.72. The molecule has 1 atom stereocenters. The number of amides is 1. The standard InChI is InChI=1S/C12H16N2O3/c1-8-12(16)14(5-2-6-15)10-4-3-9(13)7-11(10)17-8/h3-4,7-8,15H,2,5-6,13H2,1H3. The summed E-state index contributed by atoms with van der Waals surface area (Å²) in [4.78, 5) is 13.6. The fraction of sp³-hybridized carbons (Fsp3) is 0.417. The highest BCUT2D eigenvalue weighted by Gasteiger charge is 2.30. The van der Waals surface area contributed by atoms with Crippen LogP contribution in [0.5, 0.6) is 5.75 Å². The van der Waals surface area contributed by atoms with Gasteiger partial charge in [-0.2, -0.15) is 0 Å². The lowest BCUT2D eigenvalue weighted by Crippen LogP contribution is -2.45. The van der Waals surface area contributed by atoms with Gasteiger partial charge in [0.1, 0.15) is 5.75 Å². The van der Waals surface area contributed by atoms with E-state index in [2.05, 4.69) is 0 Å². The van der Waals surface area contributed by atoms with E-state index in [1.54, 1.807) is 30.0 Å². The maximum atomic E-state index is 12.0. The van der Waals surface area contributed by atoms with Crippen LogP contribution < -0.4 is 15.4 Å². The van der Waals surface area contributed by atoms with Gasteiger partial charge in [-0.05, 0) is 25.5 Å². The molecule has 1 aromatic carbocycles. The Bertz CT molecular complexity index is 434. The number of nitrogens with two attached hydrogens (primary N) is 1. The summed E-state index contributed by atoms with van der Waals surface area (Å²) in [5, 5.41) is 8.85. The van der Waals surface area contributed by atoms with Crippen LogP contribution in [0.15, 0.2) is 18.2 Å². The molecule has 0 saturated carbocycles. The molecular weight excluding hydrogens is 220 g/mol. The van der Waals surface area contributed by atoms with Crippen LogP contribution in [0, 0.1) is 0 Å². The van der Waals surface area contributed by atoms with Gasteiger partial charge in [0, 0.05) is 24.9 Å². The summed E-state index contributed by atoms with van der Waals surface area (Å²) < 4.78 is 5.50. The topological polar surface area (TPSA) is 75.8 Å². The molecule has 5 nitrogen and oxygen atoms in total. The van der Waals surface area contributed by atoms with Crippen molar-refractivity contribution in [2.45, 2.75) is 19.4 Å². The first-order valence-corrected chi connectivity index (χ1v) is 5.62. The van der Waals surface area contributed by atoms with E-state index in [9.17, 15) is 4.79 Å². The van der Waals surface area contributed by atoms with Gasteiger partial charge in [-0.15, -0.1) is 0 Å². The van der Waals surface area contributed by atoms with Crippen LogP contribution in [0.4, 0.5) is 11.4 Å². The van der Waals surface area contributed by atoms with Crippen molar-refractivity contribution in [1.82, 2.24) is 0 Å². The molecule has 0 fully saturated rings. The van der Waals surface area contributed by atoms with E-state index in [1.165, 1.54) is 0 Å². The molecule has 92 valence electrons. The van der Waals surface area contributed by atoms with E-state index in [0.717, 1.165) is 5.69 Å². The Morgan fingerprint density at radius 2 is 2.29 bits per heavy atom. The van der Waals surface area contributed by atoms with Crippen molar-refractivity contribution in [3.8, 4) is 5.75 Å². The molecule has 0 aromatic heterocycles. The fourth-order valence-corrected chi connectivity index (χ4v) is 1.89. The maximum absolute atomic E-state index is 12.0. The number of ether oxygens (including phenoxy) is 1. The van der Waals surface area contributed by atoms with Crippen LogP contribution in [-0.2, 0) is 4.79 Å². The number of aliphatic hydroxyl groups is 1. The summed E-state index contributed by atoms with van der Waals surface area (Å²) in [5.41, 5.74) is 7.01. The number of rotatable bonds is 3. The van der Waals surface area contributed by atoms with E-state index >= 15 is 0 Å². The van der Waals surface area contributed by atoms with Crippen LogP contribution in [0.3, 0.4) is 0 Å². The van der Waals surface area contributed by atoms with Gasteiger partial charge in [0.15, 0.2) is 6.10 Å². The van der Waals surface area contributed by atoms with Crippen molar-refractivity contribution in [1.29, 1.82) is 0 Å². The zero-order valence-corrected chi connectivity index (χ0v) is 9.72. The SMILES string of the molecule is CC1Oc2cc(N)ccc2N(CCCO)C1=O. The van der Waals surface area contributed by atoms with Crippen molar-refractivity contribution in [3.05, 3.63) is 18.2 Å². The number of nitrogens with zero attached hydrogens (tertiary/aromatic N) is 1. The van der Waals surface area contributed by atoms with Crippen LogP contribution in [0.2, 0.25) is 0 Å². The monoisotopic (exact) mass is 236 g/mol. The Hall–Kier alpha value is -1.75. The smallest absolute Gasteiger partial charge is 0.267 e. The van der Waals surface area contributed by atoms with E-state index in [0.29, 0.717) is 24.4 Å². The number of anilines is 2. The molecule has 17 heavy (non-hydrogen) atoms. The van der Waals surface area contributed by atoms with Crippen molar-refractivity contribution in [2.75, 3.05) is 23.8 Å². The second-order valence-electron chi connectivity index (χ2n) is 4.05. The Kier molecular flexibility index (Phi) is 3.19. The maximum Gasteiger partial charge on any atom is 0.267 e. The number of hydrogen-bond donors (Lipinski definition) is 2. The summed E-state index contributed by atoms with van der Waals surface area (Å²) >= 11 is 0. The highest BCUT2D eigenvalue weighted by molar-refractivity contribution is 6.00. The molecule has 1 heterocycles. The van der Waals surface area contributed by atoms with Crippen LogP contribution in [-0.4, -0.2) is 30.3 Å². The third kappa shape index (κ3) is 2.19. The van der Waals surface area contributed by atoms with Crippen molar-refractivity contribution in [3.63, 3.8) is 0 Å². The first-order chi connectivity index (χ1) is 8.13. The van der Waals surface area contributed by atoms with E-state index in [-0.39, 0.29) is 12.5 Å². The molecule has 1 unspecified atom stereocenters. The Balaban J connectivity index is 2.34. The van der Waals surface area contributed by atoms with Crippen molar-refractivity contribution in [2.24, 2.45) is 0 Å². The third-order valence-electron chi connectivity index (χ3n) is 2.73. The molecular formula is C12H16N2O3. The van der Waals surface area contributed by atoms with Crippen LogP contribution in [0.1, 0.15) is 13.3 Å². The van der Waals surface area contributed by atoms with Gasteiger partial charge in [-0.3, -0.25) is 4.79 Å². The molecule has 0 aliphatic carbocycles. The second kappa shape index (κ2) is 4.63. The molecule has 1 aromatic rings. The average molecular weight is 236 g/mol. The van der Waals surface area contributed by atoms with Gasteiger partial charge in [-0.25, -0.2) is 0 Å². The molecule has 0 radical (unpaired) electrons. The fourth-order valence-electron chi connectivity index (χ4n) is 1.89. The van der Waals surface area contributed by atoms with Crippen molar-refractivity contribution < 1.29 is 14.6 Å². The number of benzene rings is 1. The van der Waals surface area contributed by atoms with Gasteiger partial charge in [-0.1, -0.05) is 0 Å². The largest absolute Gasteiger partial charge is 0.479 e. The minimum atomic E-state index is -0.511. The summed E-state index contributed by atoms with van der Waals surface area (Å²) in [6.07, 6.45) is 0.0328. The Morgan fingerprint density at radius 1 is 1.53 bits per heavy atom. The molecule has 3 N–H and O–H groups in total. The lowest BCUT2D eigenvalue weighted by Gasteiger charge is -2.33. The van der Waals surface area contributed by atoms with Gasteiger partial charge < -0.3 is 20.5 Å². The lowest BCUT2D eigenvalue weighted by molar-refractivity contribution is -0.125. The molecule has 0 saturated heterocycles.